The van der Waals surface area contributed by atoms with Crippen LogP contribution in [-0.4, -0.2) is 68.7 Å². The summed E-state index contributed by atoms with van der Waals surface area (Å²) >= 11 is 0. The molecule has 0 saturated carbocycles. The van der Waals surface area contributed by atoms with Crippen molar-refractivity contribution in [1.29, 1.82) is 0 Å². The molecular weight excluding hydrogens is 491 g/mol. The molecule has 3 heterocycles. The minimum Gasteiger partial charge on any atom is -0.496 e. The van der Waals surface area contributed by atoms with Gasteiger partial charge in [-0.1, -0.05) is 32.9 Å². The van der Waals surface area contributed by atoms with Crippen LogP contribution >= 0.6 is 0 Å². The maximum atomic E-state index is 17.0. The highest BCUT2D eigenvalue weighted by Crippen LogP contribution is 2.53. The molecular formula is C28H33FN4O5. The fourth-order valence-electron chi connectivity index (χ4n) is 5.44. The lowest BCUT2D eigenvalue weighted by atomic mass is 9.85. The van der Waals surface area contributed by atoms with E-state index in [0.717, 1.165) is 10.5 Å². The summed E-state index contributed by atoms with van der Waals surface area (Å²) in [7, 11) is 2.86. The number of aliphatic carboxylic acids is 1. The standard InChI is InChI=1S/C28H33FN4O5/c1-26(2,3)21-10-9-19(14-22(21)38-5)24(34)33-23(20-8-6-11-30-15-20)27(29,18-37-4)16-28(33,25(35)36)17-32-13-7-12-31-32/h6-15,23H,16-18H2,1-5H3,(H,35,36). The number of likely N-dealkylation sites (tertiary alicyclic amines) is 1. The Morgan fingerprint density at radius 2 is 1.95 bits per heavy atom. The first-order valence-corrected chi connectivity index (χ1v) is 12.3. The minimum atomic E-state index is -2.23. The molecule has 1 aliphatic rings. The van der Waals surface area contributed by atoms with Crippen molar-refractivity contribution in [2.45, 2.75) is 56.4 Å². The molecule has 1 aromatic carbocycles. The second kappa shape index (κ2) is 10.2. The maximum Gasteiger partial charge on any atom is 0.331 e. The van der Waals surface area contributed by atoms with Gasteiger partial charge < -0.3 is 19.5 Å². The zero-order chi connectivity index (χ0) is 27.7. The number of halogens is 1. The molecule has 38 heavy (non-hydrogen) atoms. The predicted molar refractivity (Wildman–Crippen MR) is 138 cm³/mol. The van der Waals surface area contributed by atoms with Gasteiger partial charge in [-0.05, 0) is 40.8 Å². The summed E-state index contributed by atoms with van der Waals surface area (Å²) in [6, 6.07) is 8.61. The summed E-state index contributed by atoms with van der Waals surface area (Å²) in [5, 5.41) is 14.8. The first-order chi connectivity index (χ1) is 18.0. The van der Waals surface area contributed by atoms with Crippen molar-refractivity contribution in [3.05, 3.63) is 77.9 Å². The number of carbonyl (C=O) groups excluding carboxylic acids is 1. The van der Waals surface area contributed by atoms with Crippen LogP contribution in [0.4, 0.5) is 4.39 Å². The molecule has 2 aromatic heterocycles. The molecule has 0 spiro atoms. The van der Waals surface area contributed by atoms with Crippen molar-refractivity contribution in [3.63, 3.8) is 0 Å². The molecule has 202 valence electrons. The van der Waals surface area contributed by atoms with E-state index < -0.39 is 42.2 Å². The third kappa shape index (κ3) is 4.76. The number of benzene rings is 1. The van der Waals surface area contributed by atoms with E-state index in [9.17, 15) is 14.7 Å². The maximum absolute atomic E-state index is 17.0. The van der Waals surface area contributed by atoms with Crippen molar-refractivity contribution in [1.82, 2.24) is 19.7 Å². The Bertz CT molecular complexity index is 1290. The average Bonchev–Trinajstić information content (AvgIpc) is 3.47. The van der Waals surface area contributed by atoms with Gasteiger partial charge >= 0.3 is 5.97 Å². The number of alkyl halides is 1. The molecule has 9 nitrogen and oxygen atoms in total. The first-order valence-electron chi connectivity index (χ1n) is 12.3. The molecule has 1 saturated heterocycles. The molecule has 10 heteroatoms. The highest BCUT2D eigenvalue weighted by Gasteiger charge is 2.66. The van der Waals surface area contributed by atoms with Crippen LogP contribution in [0.1, 0.15) is 54.7 Å². The summed E-state index contributed by atoms with van der Waals surface area (Å²) in [6.07, 6.45) is 5.56. The Labute approximate surface area is 221 Å². The van der Waals surface area contributed by atoms with Gasteiger partial charge in [0.2, 0.25) is 0 Å². The minimum absolute atomic E-state index is 0.177. The van der Waals surface area contributed by atoms with Crippen molar-refractivity contribution in [3.8, 4) is 5.75 Å². The van der Waals surface area contributed by atoms with E-state index in [1.54, 1.807) is 42.6 Å². The number of hydrogen-bond acceptors (Lipinski definition) is 6. The van der Waals surface area contributed by atoms with E-state index in [0.29, 0.717) is 11.3 Å². The molecule has 3 unspecified atom stereocenters. The van der Waals surface area contributed by atoms with Crippen molar-refractivity contribution in [2.75, 3.05) is 20.8 Å². The second-order valence-corrected chi connectivity index (χ2v) is 10.7. The van der Waals surface area contributed by atoms with Gasteiger partial charge in [-0.25, -0.2) is 9.18 Å². The van der Waals surface area contributed by atoms with Crippen LogP contribution in [0.2, 0.25) is 0 Å². The zero-order valence-electron chi connectivity index (χ0n) is 22.2. The number of hydrogen-bond donors (Lipinski definition) is 1. The lowest BCUT2D eigenvalue weighted by Gasteiger charge is -2.38. The van der Waals surface area contributed by atoms with E-state index in [1.807, 2.05) is 20.8 Å². The van der Waals surface area contributed by atoms with Crippen molar-refractivity contribution in [2.24, 2.45) is 0 Å². The topological polar surface area (TPSA) is 107 Å². The quantitative estimate of drug-likeness (QED) is 0.474. The molecule has 3 atom stereocenters. The van der Waals surface area contributed by atoms with Crippen LogP contribution in [-0.2, 0) is 21.5 Å². The zero-order valence-corrected chi connectivity index (χ0v) is 22.2. The smallest absolute Gasteiger partial charge is 0.331 e. The number of carboxylic acids is 1. The summed E-state index contributed by atoms with van der Waals surface area (Å²) < 4.78 is 29.2. The molecule has 4 rings (SSSR count). The van der Waals surface area contributed by atoms with Crippen LogP contribution in [0.15, 0.2) is 61.2 Å². The highest BCUT2D eigenvalue weighted by molar-refractivity contribution is 5.99. The number of pyridine rings is 1. The average molecular weight is 525 g/mol. The van der Waals surface area contributed by atoms with Crippen LogP contribution in [0.5, 0.6) is 5.75 Å². The molecule has 3 aromatic rings. The van der Waals surface area contributed by atoms with E-state index in [-0.39, 0.29) is 17.5 Å². The monoisotopic (exact) mass is 524 g/mol. The van der Waals surface area contributed by atoms with E-state index in [1.165, 1.54) is 37.5 Å². The molecule has 1 N–H and O–H groups in total. The van der Waals surface area contributed by atoms with Crippen LogP contribution < -0.4 is 4.74 Å². The predicted octanol–water partition coefficient (Wildman–Crippen LogP) is 4.05. The number of methoxy groups -OCH3 is 2. The van der Waals surface area contributed by atoms with Gasteiger partial charge in [0.1, 0.15) is 5.75 Å². The van der Waals surface area contributed by atoms with Gasteiger partial charge in [0, 0.05) is 43.9 Å². The number of nitrogens with zero attached hydrogens (tertiary/aromatic N) is 4. The lowest BCUT2D eigenvalue weighted by Crippen LogP contribution is -2.56. The third-order valence-electron chi connectivity index (χ3n) is 7.04. The van der Waals surface area contributed by atoms with E-state index in [4.69, 9.17) is 9.47 Å². The van der Waals surface area contributed by atoms with Gasteiger partial charge in [-0.3, -0.25) is 14.5 Å². The Morgan fingerprint density at radius 1 is 1.18 bits per heavy atom. The van der Waals surface area contributed by atoms with E-state index >= 15 is 4.39 Å². The molecule has 1 aliphatic heterocycles. The van der Waals surface area contributed by atoms with Crippen molar-refractivity contribution < 1.29 is 28.6 Å². The number of amides is 1. The summed E-state index contributed by atoms with van der Waals surface area (Å²) in [4.78, 5) is 32.7. The molecule has 1 fully saturated rings. The largest absolute Gasteiger partial charge is 0.496 e. The van der Waals surface area contributed by atoms with Crippen LogP contribution in [0.3, 0.4) is 0 Å². The summed E-state index contributed by atoms with van der Waals surface area (Å²) in [5.41, 5.74) is -3.06. The second-order valence-electron chi connectivity index (χ2n) is 10.7. The first kappa shape index (κ1) is 27.3. The Balaban J connectivity index is 1.95. The lowest BCUT2D eigenvalue weighted by molar-refractivity contribution is -0.150. The highest BCUT2D eigenvalue weighted by atomic mass is 19.1. The molecule has 0 radical (unpaired) electrons. The van der Waals surface area contributed by atoms with Gasteiger partial charge in [-0.15, -0.1) is 0 Å². The van der Waals surface area contributed by atoms with Crippen LogP contribution in [0.25, 0.3) is 0 Å². The van der Waals surface area contributed by atoms with Gasteiger partial charge in [0.15, 0.2) is 11.2 Å². The van der Waals surface area contributed by atoms with Crippen molar-refractivity contribution >= 4 is 11.9 Å². The number of aromatic nitrogens is 3. The number of ether oxygens (including phenoxy) is 2. The Morgan fingerprint density at radius 3 is 2.50 bits per heavy atom. The fraction of sp³-hybridized carbons (Fsp3) is 0.429. The Kier molecular flexibility index (Phi) is 7.29. The Hall–Kier alpha value is -3.79. The molecule has 1 amide bonds. The molecule has 0 bridgehead atoms. The fourth-order valence-corrected chi connectivity index (χ4v) is 5.44. The third-order valence-corrected chi connectivity index (χ3v) is 7.04. The number of carboxylic acid groups (broad SMARTS) is 1. The summed E-state index contributed by atoms with van der Waals surface area (Å²) in [5.74, 6) is -1.51. The number of rotatable bonds is 8. The van der Waals surface area contributed by atoms with E-state index in [2.05, 4.69) is 10.1 Å². The van der Waals surface area contributed by atoms with Gasteiger partial charge in [-0.2, -0.15) is 5.10 Å². The van der Waals surface area contributed by atoms with Crippen LogP contribution in [0, 0.1) is 0 Å². The molecule has 0 aliphatic carbocycles. The summed E-state index contributed by atoms with van der Waals surface area (Å²) in [6.45, 7) is 5.38. The van der Waals surface area contributed by atoms with Gasteiger partial charge in [0.25, 0.3) is 5.91 Å². The normalized spacial score (nSPS) is 23.4. The van der Waals surface area contributed by atoms with Gasteiger partial charge in [0.05, 0.1) is 26.3 Å². The number of carbonyl (C=O) groups is 2. The SMILES string of the molecule is COCC1(F)CC(Cn2cccn2)(C(=O)O)N(C(=O)c2ccc(C(C)(C)C)c(OC)c2)C1c1cccnc1.